The van der Waals surface area contributed by atoms with Gasteiger partial charge in [0.1, 0.15) is 0 Å². The van der Waals surface area contributed by atoms with E-state index < -0.39 is 6.04 Å². The van der Waals surface area contributed by atoms with Gasteiger partial charge in [-0.15, -0.1) is 0 Å². The first-order valence-corrected chi connectivity index (χ1v) is 7.18. The van der Waals surface area contributed by atoms with Crippen LogP contribution in [0.2, 0.25) is 5.02 Å². The van der Waals surface area contributed by atoms with Crippen LogP contribution in [0.3, 0.4) is 0 Å². The molecule has 0 aliphatic carbocycles. The molecular weight excluding hydrogens is 290 g/mol. The Morgan fingerprint density at radius 1 is 1.29 bits per heavy atom. The molecule has 1 unspecified atom stereocenters. The van der Waals surface area contributed by atoms with Gasteiger partial charge in [0.25, 0.3) is 0 Å². The van der Waals surface area contributed by atoms with Crippen molar-refractivity contribution in [2.24, 2.45) is 11.1 Å². The van der Waals surface area contributed by atoms with E-state index >= 15 is 0 Å². The highest BCUT2D eigenvalue weighted by atomic mass is 35.5. The van der Waals surface area contributed by atoms with Crippen molar-refractivity contribution in [1.82, 2.24) is 0 Å². The number of hydrogen-bond donors (Lipinski definition) is 3. The molecule has 0 saturated carbocycles. The molecule has 0 heterocycles. The topological polar surface area (TPSA) is 84.2 Å². The van der Waals surface area contributed by atoms with Gasteiger partial charge in [-0.1, -0.05) is 39.3 Å². The highest BCUT2D eigenvalue weighted by molar-refractivity contribution is 6.34. The summed E-state index contributed by atoms with van der Waals surface area (Å²) < 4.78 is 0. The number of rotatable bonds is 4. The molecule has 0 aliphatic rings. The molecular formula is C15H22ClN3O2. The number of carbonyl (C=O) groups is 2. The standard InChI is InChI=1S/C15H22ClN3O2/c1-5-12(20)18-9-6-7-10(16)11(8-9)19-14(21)13(17)15(2,3)4/h6-8,13H,5,17H2,1-4H3,(H,18,20)(H,19,21). The third-order valence-corrected chi connectivity index (χ3v) is 3.37. The molecule has 1 aromatic rings. The second-order valence-electron chi connectivity index (χ2n) is 5.93. The maximum atomic E-state index is 12.1. The van der Waals surface area contributed by atoms with E-state index in [9.17, 15) is 9.59 Å². The largest absolute Gasteiger partial charge is 0.326 e. The quantitative estimate of drug-likeness (QED) is 0.799. The van der Waals surface area contributed by atoms with Gasteiger partial charge < -0.3 is 16.4 Å². The fraction of sp³-hybridized carbons (Fsp3) is 0.467. The van der Waals surface area contributed by atoms with Crippen molar-refractivity contribution in [2.45, 2.75) is 40.2 Å². The molecule has 6 heteroatoms. The second-order valence-corrected chi connectivity index (χ2v) is 6.34. The van der Waals surface area contributed by atoms with E-state index in [-0.39, 0.29) is 17.2 Å². The zero-order chi connectivity index (χ0) is 16.2. The molecule has 116 valence electrons. The van der Waals surface area contributed by atoms with Crippen molar-refractivity contribution in [3.8, 4) is 0 Å². The van der Waals surface area contributed by atoms with Crippen molar-refractivity contribution >= 4 is 34.8 Å². The zero-order valence-corrected chi connectivity index (χ0v) is 13.5. The summed E-state index contributed by atoms with van der Waals surface area (Å²) >= 11 is 6.06. The molecule has 1 aromatic carbocycles. The third kappa shape index (κ3) is 5.02. The summed E-state index contributed by atoms with van der Waals surface area (Å²) in [6.07, 6.45) is 0.374. The predicted molar refractivity (Wildman–Crippen MR) is 86.4 cm³/mol. The van der Waals surface area contributed by atoms with Gasteiger partial charge in [-0.3, -0.25) is 9.59 Å². The molecule has 0 bridgehead atoms. The van der Waals surface area contributed by atoms with Crippen LogP contribution < -0.4 is 16.4 Å². The van der Waals surface area contributed by atoms with Gasteiger partial charge >= 0.3 is 0 Å². The number of nitrogens with one attached hydrogen (secondary N) is 2. The van der Waals surface area contributed by atoms with E-state index in [1.807, 2.05) is 20.8 Å². The zero-order valence-electron chi connectivity index (χ0n) is 12.8. The van der Waals surface area contributed by atoms with Crippen molar-refractivity contribution < 1.29 is 9.59 Å². The summed E-state index contributed by atoms with van der Waals surface area (Å²) in [5.41, 5.74) is 6.55. The smallest absolute Gasteiger partial charge is 0.241 e. The minimum absolute atomic E-state index is 0.110. The van der Waals surface area contributed by atoms with Crippen LogP contribution in [0.15, 0.2) is 18.2 Å². The summed E-state index contributed by atoms with van der Waals surface area (Å²) in [4.78, 5) is 23.5. The summed E-state index contributed by atoms with van der Waals surface area (Å²) in [5, 5.41) is 5.80. The molecule has 0 radical (unpaired) electrons. The highest BCUT2D eigenvalue weighted by Crippen LogP contribution is 2.27. The number of anilines is 2. The van der Waals surface area contributed by atoms with Crippen molar-refractivity contribution in [2.75, 3.05) is 10.6 Å². The minimum atomic E-state index is -0.664. The van der Waals surface area contributed by atoms with Crippen LogP contribution in [0.25, 0.3) is 0 Å². The first-order chi connectivity index (χ1) is 9.65. The summed E-state index contributed by atoms with van der Waals surface area (Å²) in [5.74, 6) is -0.427. The summed E-state index contributed by atoms with van der Waals surface area (Å²) in [7, 11) is 0. The Morgan fingerprint density at radius 3 is 2.43 bits per heavy atom. The molecule has 4 N–H and O–H groups in total. The molecule has 0 aromatic heterocycles. The lowest BCUT2D eigenvalue weighted by molar-refractivity contribution is -0.119. The maximum absolute atomic E-state index is 12.1. The van der Waals surface area contributed by atoms with Gasteiger partial charge in [0, 0.05) is 12.1 Å². The predicted octanol–water partition coefficient (Wildman–Crippen LogP) is 3.00. The third-order valence-electron chi connectivity index (χ3n) is 3.04. The van der Waals surface area contributed by atoms with Crippen LogP contribution in [-0.4, -0.2) is 17.9 Å². The molecule has 21 heavy (non-hydrogen) atoms. The van der Waals surface area contributed by atoms with Gasteiger partial charge in [0.2, 0.25) is 11.8 Å². The lowest BCUT2D eigenvalue weighted by atomic mass is 9.87. The van der Waals surface area contributed by atoms with Gasteiger partial charge in [-0.2, -0.15) is 0 Å². The van der Waals surface area contributed by atoms with Gasteiger partial charge in [-0.05, 0) is 23.6 Å². The molecule has 0 aliphatic heterocycles. The summed E-state index contributed by atoms with van der Waals surface area (Å²) in [6, 6.07) is 4.24. The average molecular weight is 312 g/mol. The Kier molecular flexibility index (Phi) is 5.75. The SMILES string of the molecule is CCC(=O)Nc1ccc(Cl)c(NC(=O)C(N)C(C)(C)C)c1. The van der Waals surface area contributed by atoms with Crippen molar-refractivity contribution in [3.05, 3.63) is 23.2 Å². The molecule has 0 saturated heterocycles. The minimum Gasteiger partial charge on any atom is -0.326 e. The Balaban J connectivity index is 2.90. The van der Waals surface area contributed by atoms with Gasteiger partial charge in [0.15, 0.2) is 0 Å². The number of halogens is 1. The van der Waals surface area contributed by atoms with Crippen molar-refractivity contribution in [3.63, 3.8) is 0 Å². The Hall–Kier alpha value is -1.59. The fourth-order valence-electron chi connectivity index (χ4n) is 1.55. The van der Waals surface area contributed by atoms with E-state index in [0.29, 0.717) is 22.8 Å². The van der Waals surface area contributed by atoms with E-state index in [2.05, 4.69) is 10.6 Å². The lowest BCUT2D eigenvalue weighted by Crippen LogP contribution is -2.45. The Morgan fingerprint density at radius 2 is 1.90 bits per heavy atom. The van der Waals surface area contributed by atoms with Crippen molar-refractivity contribution in [1.29, 1.82) is 0 Å². The Bertz CT molecular complexity index is 538. The molecule has 0 fully saturated rings. The van der Waals surface area contributed by atoms with Crippen LogP contribution in [0.5, 0.6) is 0 Å². The molecule has 2 amide bonds. The van der Waals surface area contributed by atoms with E-state index in [0.717, 1.165) is 0 Å². The Labute approximate surface area is 130 Å². The first-order valence-electron chi connectivity index (χ1n) is 6.81. The second kappa shape index (κ2) is 6.91. The molecule has 5 nitrogen and oxygen atoms in total. The van der Waals surface area contributed by atoms with Crippen LogP contribution in [-0.2, 0) is 9.59 Å². The van der Waals surface area contributed by atoms with Crippen LogP contribution in [0.4, 0.5) is 11.4 Å². The van der Waals surface area contributed by atoms with Crippen LogP contribution in [0.1, 0.15) is 34.1 Å². The number of hydrogen-bond acceptors (Lipinski definition) is 3. The number of benzene rings is 1. The van der Waals surface area contributed by atoms with Gasteiger partial charge in [0.05, 0.1) is 16.8 Å². The van der Waals surface area contributed by atoms with E-state index in [1.54, 1.807) is 25.1 Å². The number of carbonyl (C=O) groups excluding carboxylic acids is 2. The summed E-state index contributed by atoms with van der Waals surface area (Å²) in [6.45, 7) is 7.42. The lowest BCUT2D eigenvalue weighted by Gasteiger charge is -2.26. The first kappa shape index (κ1) is 17.5. The van der Waals surface area contributed by atoms with Gasteiger partial charge in [-0.25, -0.2) is 0 Å². The van der Waals surface area contributed by atoms with Crippen LogP contribution >= 0.6 is 11.6 Å². The number of amides is 2. The maximum Gasteiger partial charge on any atom is 0.241 e. The monoisotopic (exact) mass is 311 g/mol. The normalized spacial score (nSPS) is 12.7. The fourth-order valence-corrected chi connectivity index (χ4v) is 1.72. The van der Waals surface area contributed by atoms with E-state index in [1.165, 1.54) is 0 Å². The highest BCUT2D eigenvalue weighted by Gasteiger charge is 2.27. The van der Waals surface area contributed by atoms with E-state index in [4.69, 9.17) is 17.3 Å². The average Bonchev–Trinajstić information content (AvgIpc) is 2.40. The molecule has 1 rings (SSSR count). The molecule has 0 spiro atoms. The number of nitrogens with two attached hydrogens (primary N) is 1. The molecule has 1 atom stereocenters. The van der Waals surface area contributed by atoms with Crippen LogP contribution in [0, 0.1) is 5.41 Å².